The first-order valence-corrected chi connectivity index (χ1v) is 6.93. The van der Waals surface area contributed by atoms with Crippen LogP contribution >= 0.6 is 12.4 Å². The fourth-order valence-corrected chi connectivity index (χ4v) is 2.23. The lowest BCUT2D eigenvalue weighted by Crippen LogP contribution is -2.38. The third-order valence-corrected chi connectivity index (χ3v) is 3.44. The van der Waals surface area contributed by atoms with Crippen LogP contribution in [-0.2, 0) is 11.2 Å². The van der Waals surface area contributed by atoms with Crippen molar-refractivity contribution in [2.24, 2.45) is 11.7 Å². The zero-order valence-electron chi connectivity index (χ0n) is 12.4. The van der Waals surface area contributed by atoms with E-state index < -0.39 is 0 Å². The first-order chi connectivity index (χ1) is 9.60. The molecule has 0 bridgehead atoms. The van der Waals surface area contributed by atoms with Crippen molar-refractivity contribution in [1.82, 2.24) is 5.32 Å². The lowest BCUT2D eigenvalue weighted by molar-refractivity contribution is -0.126. The van der Waals surface area contributed by atoms with E-state index >= 15 is 0 Å². The third kappa shape index (κ3) is 4.79. The molecule has 0 saturated carbocycles. The molecule has 1 aromatic carbocycles. The summed E-state index contributed by atoms with van der Waals surface area (Å²) in [4.78, 5) is 12.1. The molecule has 0 spiro atoms. The Hall–Kier alpha value is -1.46. The van der Waals surface area contributed by atoms with E-state index in [0.717, 1.165) is 23.5 Å². The Bertz CT molecular complexity index is 480. The molecule has 2 atom stereocenters. The molecule has 1 heterocycles. The van der Waals surface area contributed by atoms with Crippen molar-refractivity contribution in [2.45, 2.75) is 25.8 Å². The molecule has 3 N–H and O–H groups in total. The Balaban J connectivity index is 0.00000220. The van der Waals surface area contributed by atoms with Gasteiger partial charge in [-0.2, -0.15) is 0 Å². The van der Waals surface area contributed by atoms with Gasteiger partial charge >= 0.3 is 0 Å². The van der Waals surface area contributed by atoms with E-state index in [1.165, 1.54) is 0 Å². The zero-order valence-corrected chi connectivity index (χ0v) is 13.2. The molecule has 0 aliphatic carbocycles. The van der Waals surface area contributed by atoms with Crippen molar-refractivity contribution in [3.05, 3.63) is 23.8 Å². The summed E-state index contributed by atoms with van der Waals surface area (Å²) in [6.45, 7) is 2.96. The van der Waals surface area contributed by atoms with Gasteiger partial charge in [0.05, 0.1) is 13.0 Å². The Kier molecular flexibility index (Phi) is 6.78. The number of halogens is 1. The smallest absolute Gasteiger partial charge is 0.226 e. The molecule has 6 heteroatoms. The van der Waals surface area contributed by atoms with E-state index in [2.05, 4.69) is 5.32 Å². The summed E-state index contributed by atoms with van der Waals surface area (Å²) in [6, 6.07) is 5.78. The Morgan fingerprint density at radius 2 is 2.33 bits per heavy atom. The molecule has 2 unspecified atom stereocenters. The highest BCUT2D eigenvalue weighted by Gasteiger charge is 2.26. The van der Waals surface area contributed by atoms with Crippen molar-refractivity contribution in [1.29, 1.82) is 0 Å². The van der Waals surface area contributed by atoms with Crippen LogP contribution in [0.1, 0.15) is 18.9 Å². The van der Waals surface area contributed by atoms with Gasteiger partial charge in [0, 0.05) is 12.6 Å². The number of benzene rings is 1. The quantitative estimate of drug-likeness (QED) is 0.864. The number of rotatable bonds is 5. The average Bonchev–Trinajstić information content (AvgIpc) is 2.45. The molecule has 1 aliphatic heterocycles. The highest BCUT2D eigenvalue weighted by Crippen LogP contribution is 2.30. The number of hydrogen-bond donors (Lipinski definition) is 2. The van der Waals surface area contributed by atoms with Gasteiger partial charge in [-0.1, -0.05) is 0 Å². The van der Waals surface area contributed by atoms with Crippen LogP contribution in [0, 0.1) is 5.92 Å². The molecule has 0 fully saturated rings. The van der Waals surface area contributed by atoms with Crippen LogP contribution in [0.15, 0.2) is 18.2 Å². The SMILES string of the molecule is COc1ccc2c(c1)CC(C(=O)NCCC(C)N)CO2.Cl. The number of ether oxygens (including phenoxy) is 2. The topological polar surface area (TPSA) is 73.6 Å². The minimum absolute atomic E-state index is 0. The standard InChI is InChI=1S/C15H22N2O3.ClH/c1-10(16)5-6-17-15(18)12-7-11-8-13(19-2)3-4-14(11)20-9-12;/h3-4,8,10,12H,5-7,9,16H2,1-2H3,(H,17,18);1H. The van der Waals surface area contributed by atoms with Gasteiger partial charge in [0.1, 0.15) is 18.1 Å². The number of fused-ring (bicyclic) bond motifs is 1. The van der Waals surface area contributed by atoms with Gasteiger partial charge in [-0.05, 0) is 43.5 Å². The van der Waals surface area contributed by atoms with Crippen LogP contribution in [0.25, 0.3) is 0 Å². The Labute approximate surface area is 131 Å². The second-order valence-electron chi connectivity index (χ2n) is 5.24. The molecular formula is C15H23ClN2O3. The van der Waals surface area contributed by atoms with Gasteiger partial charge in [0.25, 0.3) is 0 Å². The zero-order chi connectivity index (χ0) is 14.5. The molecule has 0 radical (unpaired) electrons. The lowest BCUT2D eigenvalue weighted by Gasteiger charge is -2.25. The fourth-order valence-electron chi connectivity index (χ4n) is 2.23. The predicted molar refractivity (Wildman–Crippen MR) is 84.2 cm³/mol. The van der Waals surface area contributed by atoms with Crippen LogP contribution in [0.3, 0.4) is 0 Å². The normalized spacial score (nSPS) is 17.8. The van der Waals surface area contributed by atoms with E-state index in [0.29, 0.717) is 19.6 Å². The highest BCUT2D eigenvalue weighted by atomic mass is 35.5. The second-order valence-corrected chi connectivity index (χ2v) is 5.24. The molecule has 118 valence electrons. The highest BCUT2D eigenvalue weighted by molar-refractivity contribution is 5.85. The van der Waals surface area contributed by atoms with E-state index in [4.69, 9.17) is 15.2 Å². The van der Waals surface area contributed by atoms with Crippen LogP contribution in [0.2, 0.25) is 0 Å². The third-order valence-electron chi connectivity index (χ3n) is 3.44. The fraction of sp³-hybridized carbons (Fsp3) is 0.533. The summed E-state index contributed by atoms with van der Waals surface area (Å²) < 4.78 is 10.8. The molecular weight excluding hydrogens is 292 g/mol. The van der Waals surface area contributed by atoms with E-state index in [-0.39, 0.29) is 30.3 Å². The van der Waals surface area contributed by atoms with Crippen molar-refractivity contribution in [2.75, 3.05) is 20.3 Å². The summed E-state index contributed by atoms with van der Waals surface area (Å²) in [5, 5.41) is 2.91. The predicted octanol–water partition coefficient (Wildman–Crippen LogP) is 1.52. The minimum atomic E-state index is -0.150. The Morgan fingerprint density at radius 1 is 1.57 bits per heavy atom. The van der Waals surface area contributed by atoms with Crippen LogP contribution in [-0.4, -0.2) is 32.2 Å². The van der Waals surface area contributed by atoms with Gasteiger partial charge in [-0.25, -0.2) is 0 Å². The van der Waals surface area contributed by atoms with E-state index in [1.54, 1.807) is 7.11 Å². The molecule has 2 rings (SSSR count). The maximum atomic E-state index is 12.1. The molecule has 5 nitrogen and oxygen atoms in total. The van der Waals surface area contributed by atoms with Crippen molar-refractivity contribution < 1.29 is 14.3 Å². The minimum Gasteiger partial charge on any atom is -0.497 e. The first kappa shape index (κ1) is 17.6. The van der Waals surface area contributed by atoms with Gasteiger partial charge in [-0.3, -0.25) is 4.79 Å². The molecule has 0 aromatic heterocycles. The van der Waals surface area contributed by atoms with Crippen LogP contribution < -0.4 is 20.5 Å². The monoisotopic (exact) mass is 314 g/mol. The van der Waals surface area contributed by atoms with Crippen molar-refractivity contribution in [3.8, 4) is 11.5 Å². The summed E-state index contributed by atoms with van der Waals surface area (Å²) in [5.74, 6) is 1.50. The summed E-state index contributed by atoms with van der Waals surface area (Å²) in [6.07, 6.45) is 1.46. The largest absolute Gasteiger partial charge is 0.497 e. The average molecular weight is 315 g/mol. The van der Waals surface area contributed by atoms with Crippen LogP contribution in [0.4, 0.5) is 0 Å². The van der Waals surface area contributed by atoms with Crippen LogP contribution in [0.5, 0.6) is 11.5 Å². The molecule has 1 amide bonds. The lowest BCUT2D eigenvalue weighted by atomic mass is 9.95. The molecule has 1 aromatic rings. The van der Waals surface area contributed by atoms with Gasteiger partial charge in [-0.15, -0.1) is 12.4 Å². The second kappa shape index (κ2) is 8.10. The summed E-state index contributed by atoms with van der Waals surface area (Å²) >= 11 is 0. The summed E-state index contributed by atoms with van der Waals surface area (Å²) in [7, 11) is 1.63. The first-order valence-electron chi connectivity index (χ1n) is 6.93. The number of carbonyl (C=O) groups is 1. The number of nitrogens with one attached hydrogen (secondary N) is 1. The number of nitrogens with two attached hydrogens (primary N) is 1. The molecule has 21 heavy (non-hydrogen) atoms. The maximum Gasteiger partial charge on any atom is 0.226 e. The summed E-state index contributed by atoms with van der Waals surface area (Å²) in [5.41, 5.74) is 6.68. The van der Waals surface area contributed by atoms with Gasteiger partial charge < -0.3 is 20.5 Å². The van der Waals surface area contributed by atoms with E-state index in [9.17, 15) is 4.79 Å². The number of amides is 1. The van der Waals surface area contributed by atoms with Crippen molar-refractivity contribution >= 4 is 18.3 Å². The maximum absolute atomic E-state index is 12.1. The number of methoxy groups -OCH3 is 1. The molecule has 0 saturated heterocycles. The molecule has 1 aliphatic rings. The van der Waals surface area contributed by atoms with E-state index in [1.807, 2.05) is 25.1 Å². The number of hydrogen-bond acceptors (Lipinski definition) is 4. The van der Waals surface area contributed by atoms with Gasteiger partial charge in [0.2, 0.25) is 5.91 Å². The van der Waals surface area contributed by atoms with Gasteiger partial charge in [0.15, 0.2) is 0 Å². The number of carbonyl (C=O) groups excluding carboxylic acids is 1. The Morgan fingerprint density at radius 3 is 3.00 bits per heavy atom. The van der Waals surface area contributed by atoms with Crippen molar-refractivity contribution in [3.63, 3.8) is 0 Å².